The topological polar surface area (TPSA) is 48.3 Å². The van der Waals surface area contributed by atoms with Crippen molar-refractivity contribution in [3.05, 3.63) is 51.8 Å². The molecule has 5 heteroatoms. The number of rotatable bonds is 2. The van der Waals surface area contributed by atoms with Crippen molar-refractivity contribution >= 4 is 23.2 Å². The van der Waals surface area contributed by atoms with Gasteiger partial charge in [-0.2, -0.15) is 0 Å². The molecule has 0 bridgehead atoms. The van der Waals surface area contributed by atoms with Crippen LogP contribution in [0.1, 0.15) is 34.2 Å². The van der Waals surface area contributed by atoms with E-state index in [1.165, 1.54) is 6.92 Å². The second-order valence-electron chi connectivity index (χ2n) is 5.21. The number of hydrogen-bond acceptors (Lipinski definition) is 3. The summed E-state index contributed by atoms with van der Waals surface area (Å²) in [6, 6.07) is 6.86. The third kappa shape index (κ3) is 2.36. The molecule has 0 fully saturated rings. The quantitative estimate of drug-likeness (QED) is 0.857. The maximum atomic E-state index is 12.7. The van der Waals surface area contributed by atoms with Gasteiger partial charge >= 0.3 is 0 Å². The summed E-state index contributed by atoms with van der Waals surface area (Å²) in [7, 11) is 1.80. The fourth-order valence-corrected chi connectivity index (χ4v) is 2.81. The number of hydrogen-bond donors (Lipinski definition) is 0. The Morgan fingerprint density at radius 3 is 2.86 bits per heavy atom. The first-order valence-corrected chi connectivity index (χ1v) is 6.99. The van der Waals surface area contributed by atoms with E-state index in [1.54, 1.807) is 29.8 Å². The first-order chi connectivity index (χ1) is 9.97. The van der Waals surface area contributed by atoms with Crippen LogP contribution in [0.4, 0.5) is 0 Å². The van der Waals surface area contributed by atoms with Crippen molar-refractivity contribution in [2.45, 2.75) is 20.0 Å². The number of ketones is 2. The molecule has 2 aromatic rings. The predicted octanol–water partition coefficient (Wildman–Crippen LogP) is 2.93. The van der Waals surface area contributed by atoms with Crippen molar-refractivity contribution < 1.29 is 14.3 Å². The van der Waals surface area contributed by atoms with E-state index >= 15 is 0 Å². The number of ether oxygens (including phenoxy) is 1. The summed E-state index contributed by atoms with van der Waals surface area (Å²) in [5, 5.41) is 0.532. The lowest BCUT2D eigenvalue weighted by Crippen LogP contribution is -2.11. The first-order valence-electron chi connectivity index (χ1n) is 6.61. The molecule has 1 aliphatic heterocycles. The van der Waals surface area contributed by atoms with Gasteiger partial charge in [0.1, 0.15) is 18.1 Å². The van der Waals surface area contributed by atoms with E-state index in [0.29, 0.717) is 35.1 Å². The lowest BCUT2D eigenvalue weighted by Gasteiger charge is -2.08. The van der Waals surface area contributed by atoms with Gasteiger partial charge in [0.05, 0.1) is 11.3 Å². The van der Waals surface area contributed by atoms with Crippen molar-refractivity contribution in [1.29, 1.82) is 0 Å². The molecule has 0 radical (unpaired) electrons. The number of halogens is 1. The monoisotopic (exact) mass is 303 g/mol. The molecule has 4 nitrogen and oxygen atoms in total. The average Bonchev–Trinajstić information content (AvgIpc) is 2.64. The third-order valence-electron chi connectivity index (χ3n) is 3.63. The van der Waals surface area contributed by atoms with E-state index < -0.39 is 0 Å². The molecule has 3 rings (SSSR count). The van der Waals surface area contributed by atoms with Crippen LogP contribution in [-0.2, 0) is 24.9 Å². The smallest absolute Gasteiger partial charge is 0.213 e. The number of Topliss-reactive ketones (excluding diaryl/α,β-unsaturated/α-hetero) is 1. The zero-order chi connectivity index (χ0) is 15.1. The Morgan fingerprint density at radius 2 is 2.14 bits per heavy atom. The van der Waals surface area contributed by atoms with E-state index in [2.05, 4.69) is 0 Å². The highest BCUT2D eigenvalue weighted by molar-refractivity contribution is 6.31. The number of nitrogens with zero attached hydrogens (tertiary/aromatic N) is 1. The zero-order valence-corrected chi connectivity index (χ0v) is 12.5. The summed E-state index contributed by atoms with van der Waals surface area (Å²) in [6.07, 6.45) is 0.310. The molecule has 21 heavy (non-hydrogen) atoms. The summed E-state index contributed by atoms with van der Waals surface area (Å²) >= 11 is 5.94. The van der Waals surface area contributed by atoms with Crippen molar-refractivity contribution in [3.8, 4) is 5.75 Å². The fourth-order valence-electron chi connectivity index (χ4n) is 2.64. The van der Waals surface area contributed by atoms with Crippen LogP contribution < -0.4 is 4.74 Å². The highest BCUT2D eigenvalue weighted by Crippen LogP contribution is 2.32. The minimum absolute atomic E-state index is 0.0614. The average molecular weight is 304 g/mol. The fraction of sp³-hybridized carbons (Fsp3) is 0.250. The highest BCUT2D eigenvalue weighted by Gasteiger charge is 2.27. The number of carbonyl (C=O) groups excluding carboxylic acids is 2. The molecular formula is C16H14ClNO3. The molecule has 1 aromatic heterocycles. The van der Waals surface area contributed by atoms with Gasteiger partial charge in [0.15, 0.2) is 0 Å². The molecule has 0 unspecified atom stereocenters. The molecule has 0 saturated carbocycles. The van der Waals surface area contributed by atoms with Crippen LogP contribution >= 0.6 is 11.6 Å². The van der Waals surface area contributed by atoms with Crippen molar-refractivity contribution in [1.82, 2.24) is 4.57 Å². The Labute approximate surface area is 127 Å². The van der Waals surface area contributed by atoms with Crippen LogP contribution in [0.15, 0.2) is 24.3 Å². The molecule has 2 heterocycles. The SMILES string of the molecule is CC(=O)Cc1cc2c(n1C)C(=O)c1ccc(Cl)cc1OC2. The highest BCUT2D eigenvalue weighted by atomic mass is 35.5. The Morgan fingerprint density at radius 1 is 1.38 bits per heavy atom. The summed E-state index contributed by atoms with van der Waals surface area (Å²) in [6.45, 7) is 1.83. The Balaban J connectivity index is 2.12. The van der Waals surface area contributed by atoms with Crippen molar-refractivity contribution in [2.24, 2.45) is 7.05 Å². The van der Waals surface area contributed by atoms with Gasteiger partial charge in [-0.1, -0.05) is 11.6 Å². The molecule has 0 spiro atoms. The normalized spacial score (nSPS) is 13.2. The predicted molar refractivity (Wildman–Crippen MR) is 79.0 cm³/mol. The van der Waals surface area contributed by atoms with Gasteiger partial charge in [-0.3, -0.25) is 9.59 Å². The van der Waals surface area contributed by atoms with E-state index in [0.717, 1.165) is 11.3 Å². The molecule has 0 saturated heterocycles. The molecule has 108 valence electrons. The zero-order valence-electron chi connectivity index (χ0n) is 11.8. The van der Waals surface area contributed by atoms with E-state index in [1.807, 2.05) is 6.07 Å². The molecular weight excluding hydrogens is 290 g/mol. The minimum Gasteiger partial charge on any atom is -0.488 e. The Hall–Kier alpha value is -2.07. The van der Waals surface area contributed by atoms with Crippen LogP contribution in [-0.4, -0.2) is 16.1 Å². The second-order valence-corrected chi connectivity index (χ2v) is 5.64. The summed E-state index contributed by atoms with van der Waals surface area (Å²) in [5.74, 6) is 0.453. The molecule has 1 aliphatic rings. The van der Waals surface area contributed by atoms with Gasteiger partial charge in [-0.05, 0) is 31.2 Å². The molecule has 1 aromatic carbocycles. The van der Waals surface area contributed by atoms with Gasteiger partial charge in [0.25, 0.3) is 0 Å². The summed E-state index contributed by atoms with van der Waals surface area (Å²) < 4.78 is 7.48. The largest absolute Gasteiger partial charge is 0.488 e. The van der Waals surface area contributed by atoms with Crippen molar-refractivity contribution in [2.75, 3.05) is 0 Å². The van der Waals surface area contributed by atoms with E-state index in [4.69, 9.17) is 16.3 Å². The lowest BCUT2D eigenvalue weighted by atomic mass is 10.1. The van der Waals surface area contributed by atoms with Crippen LogP contribution in [0.25, 0.3) is 0 Å². The second kappa shape index (κ2) is 5.04. The van der Waals surface area contributed by atoms with Gasteiger partial charge < -0.3 is 9.30 Å². The van der Waals surface area contributed by atoms with Crippen LogP contribution in [0, 0.1) is 0 Å². The van der Waals surface area contributed by atoms with E-state index in [-0.39, 0.29) is 11.6 Å². The van der Waals surface area contributed by atoms with Crippen LogP contribution in [0.2, 0.25) is 5.02 Å². The van der Waals surface area contributed by atoms with Gasteiger partial charge in [-0.25, -0.2) is 0 Å². The standard InChI is InChI=1S/C16H14ClNO3/c1-9(19)5-12-6-10-8-21-14-7-11(17)3-4-13(14)16(20)15(10)18(12)2/h3-4,6-7H,5,8H2,1-2H3. The Kier molecular flexibility index (Phi) is 3.33. The first kappa shape index (κ1) is 13.9. The maximum Gasteiger partial charge on any atom is 0.213 e. The maximum absolute atomic E-state index is 12.7. The summed E-state index contributed by atoms with van der Waals surface area (Å²) in [4.78, 5) is 24.0. The molecule has 0 aliphatic carbocycles. The summed E-state index contributed by atoms with van der Waals surface area (Å²) in [5.41, 5.74) is 2.69. The van der Waals surface area contributed by atoms with Gasteiger partial charge in [-0.15, -0.1) is 0 Å². The minimum atomic E-state index is -0.105. The van der Waals surface area contributed by atoms with Crippen LogP contribution in [0.3, 0.4) is 0 Å². The van der Waals surface area contributed by atoms with E-state index in [9.17, 15) is 9.59 Å². The van der Waals surface area contributed by atoms with Gasteiger partial charge in [0, 0.05) is 29.7 Å². The Bertz CT molecular complexity index is 761. The molecule has 0 amide bonds. The van der Waals surface area contributed by atoms with Crippen LogP contribution in [0.5, 0.6) is 5.75 Å². The number of aromatic nitrogens is 1. The molecule has 0 N–H and O–H groups in total. The van der Waals surface area contributed by atoms with Crippen molar-refractivity contribution in [3.63, 3.8) is 0 Å². The number of carbonyl (C=O) groups is 2. The molecule has 0 atom stereocenters. The third-order valence-corrected chi connectivity index (χ3v) is 3.86. The number of benzene rings is 1. The lowest BCUT2D eigenvalue weighted by molar-refractivity contribution is -0.116. The number of fused-ring (bicyclic) bond motifs is 2. The van der Waals surface area contributed by atoms with Gasteiger partial charge in [0.2, 0.25) is 5.78 Å².